The molecule has 0 amide bonds. The molecule has 1 aliphatic rings. The number of benzene rings is 1. The number of ether oxygens (including phenoxy) is 2. The van der Waals surface area contributed by atoms with Crippen molar-refractivity contribution in [2.24, 2.45) is 5.92 Å². The third-order valence-electron chi connectivity index (χ3n) is 2.96. The first kappa shape index (κ1) is 10.3. The van der Waals surface area contributed by atoms with E-state index in [1.807, 2.05) is 18.2 Å². The summed E-state index contributed by atoms with van der Waals surface area (Å²) in [4.78, 5) is 0. The molecule has 0 saturated heterocycles. The van der Waals surface area contributed by atoms with E-state index in [1.54, 1.807) is 14.2 Å². The van der Waals surface area contributed by atoms with Gasteiger partial charge in [0.05, 0.1) is 14.2 Å². The molecule has 0 aliphatic heterocycles. The normalized spacial score (nSPS) is 23.7. The number of aliphatic hydroxyl groups is 1. The van der Waals surface area contributed by atoms with Crippen molar-refractivity contribution in [2.75, 3.05) is 20.8 Å². The minimum absolute atomic E-state index is 0.268. The van der Waals surface area contributed by atoms with Crippen molar-refractivity contribution in [3.05, 3.63) is 23.8 Å². The summed E-state index contributed by atoms with van der Waals surface area (Å²) in [5, 5.41) is 9.03. The van der Waals surface area contributed by atoms with Gasteiger partial charge in [0.2, 0.25) is 0 Å². The van der Waals surface area contributed by atoms with Crippen molar-refractivity contribution in [3.8, 4) is 11.5 Å². The Morgan fingerprint density at radius 2 is 1.80 bits per heavy atom. The summed E-state index contributed by atoms with van der Waals surface area (Å²) < 4.78 is 10.4. The lowest BCUT2D eigenvalue weighted by Gasteiger charge is -2.07. The van der Waals surface area contributed by atoms with Crippen molar-refractivity contribution in [2.45, 2.75) is 12.3 Å². The maximum atomic E-state index is 9.03. The third kappa shape index (κ3) is 2.07. The van der Waals surface area contributed by atoms with E-state index in [4.69, 9.17) is 14.6 Å². The molecule has 3 nitrogen and oxygen atoms in total. The van der Waals surface area contributed by atoms with Crippen molar-refractivity contribution in [1.29, 1.82) is 0 Å². The Balaban J connectivity index is 2.23. The minimum Gasteiger partial charge on any atom is -0.497 e. The molecule has 1 saturated carbocycles. The van der Waals surface area contributed by atoms with Gasteiger partial charge in [0.15, 0.2) is 0 Å². The fourth-order valence-electron chi connectivity index (χ4n) is 1.90. The number of rotatable bonds is 4. The van der Waals surface area contributed by atoms with E-state index in [1.165, 1.54) is 5.56 Å². The Morgan fingerprint density at radius 3 is 2.20 bits per heavy atom. The first-order valence-corrected chi connectivity index (χ1v) is 5.12. The zero-order valence-corrected chi connectivity index (χ0v) is 9.06. The minimum atomic E-state index is 0.268. The molecule has 1 N–H and O–H groups in total. The number of hydrogen-bond acceptors (Lipinski definition) is 3. The van der Waals surface area contributed by atoms with E-state index in [2.05, 4.69) is 0 Å². The fourth-order valence-corrected chi connectivity index (χ4v) is 1.90. The van der Waals surface area contributed by atoms with Crippen LogP contribution in [0.3, 0.4) is 0 Å². The predicted molar refractivity (Wildman–Crippen MR) is 57.5 cm³/mol. The second-order valence-electron chi connectivity index (χ2n) is 3.93. The van der Waals surface area contributed by atoms with Crippen molar-refractivity contribution >= 4 is 0 Å². The average molecular weight is 208 g/mol. The molecule has 82 valence electrons. The third-order valence-corrected chi connectivity index (χ3v) is 2.96. The largest absolute Gasteiger partial charge is 0.497 e. The Morgan fingerprint density at radius 1 is 1.20 bits per heavy atom. The molecule has 1 aromatic carbocycles. The molecular weight excluding hydrogens is 192 g/mol. The van der Waals surface area contributed by atoms with E-state index < -0.39 is 0 Å². The van der Waals surface area contributed by atoms with Gasteiger partial charge in [0, 0.05) is 12.7 Å². The smallest absolute Gasteiger partial charge is 0.122 e. The van der Waals surface area contributed by atoms with Gasteiger partial charge in [-0.3, -0.25) is 0 Å². The fraction of sp³-hybridized carbons (Fsp3) is 0.500. The van der Waals surface area contributed by atoms with Gasteiger partial charge >= 0.3 is 0 Å². The van der Waals surface area contributed by atoms with Gasteiger partial charge in [0.1, 0.15) is 11.5 Å². The summed E-state index contributed by atoms with van der Waals surface area (Å²) in [7, 11) is 3.30. The van der Waals surface area contributed by atoms with E-state index in [-0.39, 0.29) is 6.61 Å². The van der Waals surface area contributed by atoms with Gasteiger partial charge in [-0.15, -0.1) is 0 Å². The maximum absolute atomic E-state index is 9.03. The molecule has 0 heterocycles. The lowest BCUT2D eigenvalue weighted by Crippen LogP contribution is -1.92. The molecule has 1 aliphatic carbocycles. The van der Waals surface area contributed by atoms with Crippen molar-refractivity contribution in [1.82, 2.24) is 0 Å². The summed E-state index contributed by atoms with van der Waals surface area (Å²) in [5.74, 6) is 2.52. The quantitative estimate of drug-likeness (QED) is 0.820. The van der Waals surface area contributed by atoms with Gasteiger partial charge in [-0.05, 0) is 36.0 Å². The van der Waals surface area contributed by atoms with Crippen LogP contribution in [0.25, 0.3) is 0 Å². The summed E-state index contributed by atoms with van der Waals surface area (Å²) >= 11 is 0. The summed E-state index contributed by atoms with van der Waals surface area (Å²) in [5.41, 5.74) is 1.20. The van der Waals surface area contributed by atoms with Crippen LogP contribution in [0.4, 0.5) is 0 Å². The van der Waals surface area contributed by atoms with Crippen LogP contribution in [-0.4, -0.2) is 25.9 Å². The molecule has 3 heteroatoms. The standard InChI is InChI=1S/C12H16O3/c1-14-10-3-8(4-11(6-10)15-2)12-5-9(12)7-13/h3-4,6,9,12-13H,5,7H2,1-2H3. The highest BCUT2D eigenvalue weighted by Gasteiger charge is 2.37. The van der Waals surface area contributed by atoms with Gasteiger partial charge in [-0.2, -0.15) is 0 Å². The topological polar surface area (TPSA) is 38.7 Å². The summed E-state index contributed by atoms with van der Waals surface area (Å²) in [6.07, 6.45) is 1.06. The summed E-state index contributed by atoms with van der Waals surface area (Å²) in [6.45, 7) is 0.268. The SMILES string of the molecule is COc1cc(OC)cc(C2CC2CO)c1. The van der Waals surface area contributed by atoms with Crippen LogP contribution in [0.1, 0.15) is 17.9 Å². The van der Waals surface area contributed by atoms with E-state index >= 15 is 0 Å². The van der Waals surface area contributed by atoms with Crippen LogP contribution >= 0.6 is 0 Å². The first-order chi connectivity index (χ1) is 7.28. The molecular formula is C12H16O3. The number of methoxy groups -OCH3 is 2. The zero-order chi connectivity index (χ0) is 10.8. The van der Waals surface area contributed by atoms with E-state index in [0.717, 1.165) is 17.9 Å². The highest BCUT2D eigenvalue weighted by molar-refractivity contribution is 5.41. The molecule has 0 bridgehead atoms. The molecule has 2 rings (SSSR count). The molecule has 2 atom stereocenters. The Hall–Kier alpha value is -1.22. The van der Waals surface area contributed by atoms with Crippen LogP contribution < -0.4 is 9.47 Å². The summed E-state index contributed by atoms with van der Waals surface area (Å²) in [6, 6.07) is 5.89. The van der Waals surface area contributed by atoms with Crippen LogP contribution in [0.5, 0.6) is 11.5 Å². The number of hydrogen-bond donors (Lipinski definition) is 1. The second kappa shape index (κ2) is 4.11. The Labute approximate surface area is 89.6 Å². The molecule has 15 heavy (non-hydrogen) atoms. The van der Waals surface area contributed by atoms with Crippen LogP contribution in [0, 0.1) is 5.92 Å². The highest BCUT2D eigenvalue weighted by atomic mass is 16.5. The monoisotopic (exact) mass is 208 g/mol. The predicted octanol–water partition coefficient (Wildman–Crippen LogP) is 1.80. The van der Waals surface area contributed by atoms with Crippen LogP contribution in [-0.2, 0) is 0 Å². The lowest BCUT2D eigenvalue weighted by atomic mass is 10.1. The van der Waals surface area contributed by atoms with Crippen molar-refractivity contribution in [3.63, 3.8) is 0 Å². The second-order valence-corrected chi connectivity index (χ2v) is 3.93. The maximum Gasteiger partial charge on any atom is 0.122 e. The van der Waals surface area contributed by atoms with Gasteiger partial charge in [-0.25, -0.2) is 0 Å². The van der Waals surface area contributed by atoms with Crippen LogP contribution in [0.15, 0.2) is 18.2 Å². The molecule has 2 unspecified atom stereocenters. The lowest BCUT2D eigenvalue weighted by molar-refractivity contribution is 0.274. The van der Waals surface area contributed by atoms with E-state index in [9.17, 15) is 0 Å². The number of aliphatic hydroxyl groups excluding tert-OH is 1. The van der Waals surface area contributed by atoms with Crippen LogP contribution in [0.2, 0.25) is 0 Å². The molecule has 0 aromatic heterocycles. The molecule has 1 aromatic rings. The van der Waals surface area contributed by atoms with Gasteiger partial charge in [-0.1, -0.05) is 0 Å². The zero-order valence-electron chi connectivity index (χ0n) is 9.06. The molecule has 0 spiro atoms. The molecule has 1 fully saturated rings. The Kier molecular flexibility index (Phi) is 2.82. The molecule has 0 radical (unpaired) electrons. The van der Waals surface area contributed by atoms with E-state index in [0.29, 0.717) is 11.8 Å². The van der Waals surface area contributed by atoms with Crippen molar-refractivity contribution < 1.29 is 14.6 Å². The van der Waals surface area contributed by atoms with Gasteiger partial charge in [0.25, 0.3) is 0 Å². The van der Waals surface area contributed by atoms with Gasteiger partial charge < -0.3 is 14.6 Å². The highest BCUT2D eigenvalue weighted by Crippen LogP contribution is 2.48. The first-order valence-electron chi connectivity index (χ1n) is 5.12. The average Bonchev–Trinajstić information content (AvgIpc) is 3.07. The Bertz CT molecular complexity index is 326.